The molecule has 0 radical (unpaired) electrons. The number of hydrogen-bond acceptors (Lipinski definition) is 3. The third-order valence-corrected chi connectivity index (χ3v) is 5.90. The molecule has 0 aromatic heterocycles. The van der Waals surface area contributed by atoms with E-state index in [2.05, 4.69) is 24.4 Å². The summed E-state index contributed by atoms with van der Waals surface area (Å²) in [7, 11) is 1.67. The van der Waals surface area contributed by atoms with Gasteiger partial charge in [0.05, 0.1) is 13.2 Å². The summed E-state index contributed by atoms with van der Waals surface area (Å²) in [6.07, 6.45) is 3.40. The Morgan fingerprint density at radius 1 is 1.14 bits per heavy atom. The third kappa shape index (κ3) is 3.86. The Bertz CT molecular complexity index is 918. The molecular weight excluding hydrogens is 364 g/mol. The molecule has 1 fully saturated rings. The van der Waals surface area contributed by atoms with E-state index < -0.39 is 0 Å². The molecule has 2 aromatic rings. The second-order valence-electron chi connectivity index (χ2n) is 8.04. The van der Waals surface area contributed by atoms with E-state index in [9.17, 15) is 9.59 Å². The van der Waals surface area contributed by atoms with E-state index in [4.69, 9.17) is 4.74 Å². The monoisotopic (exact) mass is 392 g/mol. The van der Waals surface area contributed by atoms with Crippen LogP contribution in [-0.2, 0) is 11.2 Å². The van der Waals surface area contributed by atoms with Gasteiger partial charge in [-0.2, -0.15) is 0 Å². The van der Waals surface area contributed by atoms with Gasteiger partial charge < -0.3 is 15.0 Å². The summed E-state index contributed by atoms with van der Waals surface area (Å²) in [6, 6.07) is 14.0. The van der Waals surface area contributed by atoms with E-state index in [1.54, 1.807) is 7.11 Å². The number of rotatable bonds is 5. The van der Waals surface area contributed by atoms with Gasteiger partial charge in [0.2, 0.25) is 5.91 Å². The molecule has 2 aromatic carbocycles. The fourth-order valence-corrected chi connectivity index (χ4v) is 4.20. The number of methoxy groups -OCH3 is 1. The molecule has 1 aliphatic carbocycles. The summed E-state index contributed by atoms with van der Waals surface area (Å²) < 4.78 is 5.41. The Morgan fingerprint density at radius 2 is 1.86 bits per heavy atom. The van der Waals surface area contributed by atoms with Gasteiger partial charge in [-0.1, -0.05) is 25.1 Å². The van der Waals surface area contributed by atoms with Gasteiger partial charge in [0, 0.05) is 24.1 Å². The molecular formula is C24H28N2O3. The van der Waals surface area contributed by atoms with Crippen molar-refractivity contribution in [1.29, 1.82) is 0 Å². The number of carbonyl (C=O) groups is 2. The standard InChI is InChI=1S/C24H28N2O3/c1-4-22(27)26-15(2)13-18-14-20(29-3)11-12-21(18)23(26)16-5-7-17(8-6-16)24(28)25-19-9-10-19/h5-8,11-12,14-15,19,23H,4,9-10,13H2,1-3H3,(H,25,28)/t15-,23-/m0/s1. The van der Waals surface area contributed by atoms with Crippen molar-refractivity contribution in [3.05, 3.63) is 64.7 Å². The van der Waals surface area contributed by atoms with Crippen LogP contribution in [0.4, 0.5) is 0 Å². The number of carbonyl (C=O) groups excluding carboxylic acids is 2. The molecule has 5 nitrogen and oxygen atoms in total. The van der Waals surface area contributed by atoms with E-state index in [1.807, 2.05) is 42.2 Å². The van der Waals surface area contributed by atoms with Gasteiger partial charge >= 0.3 is 0 Å². The Morgan fingerprint density at radius 3 is 2.48 bits per heavy atom. The van der Waals surface area contributed by atoms with Crippen molar-refractivity contribution in [2.45, 2.75) is 57.7 Å². The molecule has 1 heterocycles. The van der Waals surface area contributed by atoms with E-state index in [0.717, 1.165) is 36.1 Å². The average Bonchev–Trinajstić information content (AvgIpc) is 3.55. The van der Waals surface area contributed by atoms with Crippen LogP contribution in [-0.4, -0.2) is 35.9 Å². The van der Waals surface area contributed by atoms with Crippen LogP contribution < -0.4 is 10.1 Å². The van der Waals surface area contributed by atoms with Crippen molar-refractivity contribution in [1.82, 2.24) is 10.2 Å². The lowest BCUT2D eigenvalue weighted by Gasteiger charge is -2.42. The lowest BCUT2D eigenvalue weighted by Crippen LogP contribution is -2.46. The fraction of sp³-hybridized carbons (Fsp3) is 0.417. The van der Waals surface area contributed by atoms with E-state index in [-0.39, 0.29) is 23.9 Å². The normalized spacial score (nSPS) is 20.7. The number of hydrogen-bond donors (Lipinski definition) is 1. The molecule has 0 spiro atoms. The first-order valence-corrected chi connectivity index (χ1v) is 10.4. The number of ether oxygens (including phenoxy) is 1. The molecule has 0 bridgehead atoms. The second kappa shape index (κ2) is 7.90. The quantitative estimate of drug-likeness (QED) is 0.841. The van der Waals surface area contributed by atoms with Crippen molar-refractivity contribution >= 4 is 11.8 Å². The molecule has 1 N–H and O–H groups in total. The summed E-state index contributed by atoms with van der Waals surface area (Å²) in [5.41, 5.74) is 4.01. The Labute approximate surface area is 172 Å². The van der Waals surface area contributed by atoms with Crippen LogP contribution in [0.1, 0.15) is 66.2 Å². The molecule has 1 aliphatic heterocycles. The summed E-state index contributed by atoms with van der Waals surface area (Å²) in [5, 5.41) is 3.02. The van der Waals surface area contributed by atoms with Crippen molar-refractivity contribution < 1.29 is 14.3 Å². The SMILES string of the molecule is CCC(=O)N1[C@@H](c2ccc(C(=O)NC3CC3)cc2)c2ccc(OC)cc2C[C@@H]1C. The van der Waals surface area contributed by atoms with Crippen LogP contribution in [0.2, 0.25) is 0 Å². The third-order valence-electron chi connectivity index (χ3n) is 5.90. The Hall–Kier alpha value is -2.82. The van der Waals surface area contributed by atoms with Gasteiger partial charge in [0.15, 0.2) is 0 Å². The molecule has 0 saturated heterocycles. The van der Waals surface area contributed by atoms with Gasteiger partial charge in [-0.05, 0) is 67.1 Å². The highest BCUT2D eigenvalue weighted by molar-refractivity contribution is 5.94. The zero-order valence-corrected chi connectivity index (χ0v) is 17.3. The second-order valence-corrected chi connectivity index (χ2v) is 8.04. The van der Waals surface area contributed by atoms with Crippen molar-refractivity contribution in [3.8, 4) is 5.75 Å². The fourth-order valence-electron chi connectivity index (χ4n) is 4.20. The molecule has 0 unspecified atom stereocenters. The van der Waals surface area contributed by atoms with Crippen molar-refractivity contribution in [2.75, 3.05) is 7.11 Å². The minimum absolute atomic E-state index is 0.0253. The van der Waals surface area contributed by atoms with Crippen LogP contribution >= 0.6 is 0 Å². The number of benzene rings is 2. The lowest BCUT2D eigenvalue weighted by molar-refractivity contribution is -0.135. The molecule has 5 heteroatoms. The zero-order chi connectivity index (χ0) is 20.5. The molecule has 29 heavy (non-hydrogen) atoms. The van der Waals surface area contributed by atoms with Gasteiger partial charge in [-0.3, -0.25) is 9.59 Å². The Kier molecular flexibility index (Phi) is 5.31. The van der Waals surface area contributed by atoms with Gasteiger partial charge in [0.25, 0.3) is 5.91 Å². The van der Waals surface area contributed by atoms with Crippen LogP contribution in [0, 0.1) is 0 Å². The summed E-state index contributed by atoms with van der Waals surface area (Å²) in [6.45, 7) is 4.00. The van der Waals surface area contributed by atoms with Crippen LogP contribution in [0.5, 0.6) is 5.75 Å². The Balaban J connectivity index is 1.71. The molecule has 2 aliphatic rings. The minimum Gasteiger partial charge on any atom is -0.497 e. The predicted molar refractivity (Wildman–Crippen MR) is 112 cm³/mol. The van der Waals surface area contributed by atoms with Crippen LogP contribution in [0.3, 0.4) is 0 Å². The number of nitrogens with zero attached hydrogens (tertiary/aromatic N) is 1. The highest BCUT2D eigenvalue weighted by Gasteiger charge is 2.36. The van der Waals surface area contributed by atoms with E-state index in [0.29, 0.717) is 18.0 Å². The van der Waals surface area contributed by atoms with Crippen molar-refractivity contribution in [3.63, 3.8) is 0 Å². The molecule has 2 amide bonds. The van der Waals surface area contributed by atoms with Gasteiger partial charge in [-0.15, -0.1) is 0 Å². The molecule has 4 rings (SSSR count). The van der Waals surface area contributed by atoms with Crippen molar-refractivity contribution in [2.24, 2.45) is 0 Å². The minimum atomic E-state index is -0.160. The van der Waals surface area contributed by atoms with E-state index >= 15 is 0 Å². The van der Waals surface area contributed by atoms with E-state index in [1.165, 1.54) is 5.56 Å². The summed E-state index contributed by atoms with van der Waals surface area (Å²) in [5.74, 6) is 0.944. The number of fused-ring (bicyclic) bond motifs is 1. The smallest absolute Gasteiger partial charge is 0.251 e. The first kappa shape index (κ1) is 19.5. The molecule has 1 saturated carbocycles. The van der Waals surface area contributed by atoms with Crippen LogP contribution in [0.25, 0.3) is 0 Å². The predicted octanol–water partition coefficient (Wildman–Crippen LogP) is 3.86. The molecule has 2 atom stereocenters. The van der Waals surface area contributed by atoms with Gasteiger partial charge in [-0.25, -0.2) is 0 Å². The summed E-state index contributed by atoms with van der Waals surface area (Å²) >= 11 is 0. The van der Waals surface area contributed by atoms with Crippen LogP contribution in [0.15, 0.2) is 42.5 Å². The highest BCUT2D eigenvalue weighted by Crippen LogP contribution is 2.39. The first-order chi connectivity index (χ1) is 14.0. The first-order valence-electron chi connectivity index (χ1n) is 10.4. The largest absolute Gasteiger partial charge is 0.497 e. The highest BCUT2D eigenvalue weighted by atomic mass is 16.5. The average molecular weight is 392 g/mol. The topological polar surface area (TPSA) is 58.6 Å². The van der Waals surface area contributed by atoms with Gasteiger partial charge in [0.1, 0.15) is 5.75 Å². The zero-order valence-electron chi connectivity index (χ0n) is 17.3. The maximum atomic E-state index is 12.8. The number of amides is 2. The maximum absolute atomic E-state index is 12.8. The summed E-state index contributed by atoms with van der Waals surface area (Å²) in [4.78, 5) is 27.2. The molecule has 152 valence electrons. The lowest BCUT2D eigenvalue weighted by atomic mass is 9.84. The number of nitrogens with one attached hydrogen (secondary N) is 1. The maximum Gasteiger partial charge on any atom is 0.251 e.